The van der Waals surface area contributed by atoms with Crippen molar-refractivity contribution in [3.63, 3.8) is 0 Å². The Balaban J connectivity index is 1.74. The predicted molar refractivity (Wildman–Crippen MR) is 119 cm³/mol. The first-order chi connectivity index (χ1) is 14.4. The lowest BCUT2D eigenvalue weighted by Gasteiger charge is -2.06. The molecule has 0 atom stereocenters. The maximum Gasteiger partial charge on any atom is 0.295 e. The number of hydrogen-bond acceptors (Lipinski definition) is 3. The van der Waals surface area contributed by atoms with Gasteiger partial charge in [-0.3, -0.25) is 4.79 Å². The minimum absolute atomic E-state index is 0.0525. The molecular weight excluding hydrogens is 494 g/mol. The smallest absolute Gasteiger partial charge is 0.295 e. The largest absolute Gasteiger partial charge is 0.319 e. The molecule has 0 aliphatic rings. The van der Waals surface area contributed by atoms with Gasteiger partial charge in [-0.2, -0.15) is 0 Å². The SMILES string of the molecule is O=C(Nc1ccc(Cl)c(Cl)c1)c1nc(-c2ccc(Br)cc2)n(-c2ccc(F)cc2)n1. The quantitative estimate of drug-likeness (QED) is 0.349. The molecule has 0 aliphatic heterocycles. The zero-order valence-electron chi connectivity index (χ0n) is 15.1. The average Bonchev–Trinajstić information content (AvgIpc) is 3.17. The van der Waals surface area contributed by atoms with E-state index in [1.807, 2.05) is 24.3 Å². The van der Waals surface area contributed by atoms with Crippen molar-refractivity contribution in [3.05, 3.63) is 92.9 Å². The lowest BCUT2D eigenvalue weighted by atomic mass is 10.2. The zero-order chi connectivity index (χ0) is 21.3. The van der Waals surface area contributed by atoms with Gasteiger partial charge < -0.3 is 5.32 Å². The van der Waals surface area contributed by atoms with Crippen molar-refractivity contribution in [2.75, 3.05) is 5.32 Å². The molecule has 5 nitrogen and oxygen atoms in total. The molecule has 4 rings (SSSR count). The first-order valence-corrected chi connectivity index (χ1v) is 10.2. The second-order valence-corrected chi connectivity index (χ2v) is 7.97. The van der Waals surface area contributed by atoms with E-state index in [-0.39, 0.29) is 11.6 Å². The van der Waals surface area contributed by atoms with Crippen LogP contribution in [0.25, 0.3) is 17.1 Å². The second kappa shape index (κ2) is 8.55. The Morgan fingerprint density at radius 1 is 0.967 bits per heavy atom. The van der Waals surface area contributed by atoms with Crippen molar-refractivity contribution in [2.45, 2.75) is 0 Å². The molecule has 1 heterocycles. The van der Waals surface area contributed by atoms with Crippen LogP contribution in [0.2, 0.25) is 10.0 Å². The molecule has 0 unspecified atom stereocenters. The van der Waals surface area contributed by atoms with E-state index in [1.165, 1.54) is 22.9 Å². The van der Waals surface area contributed by atoms with Gasteiger partial charge in [0.1, 0.15) is 5.82 Å². The minimum atomic E-state index is -0.521. The molecule has 1 amide bonds. The highest BCUT2D eigenvalue weighted by molar-refractivity contribution is 9.10. The Morgan fingerprint density at radius 2 is 1.67 bits per heavy atom. The number of carbonyl (C=O) groups is 1. The van der Waals surface area contributed by atoms with Gasteiger partial charge in [-0.05, 0) is 54.6 Å². The van der Waals surface area contributed by atoms with Crippen LogP contribution >= 0.6 is 39.1 Å². The van der Waals surface area contributed by atoms with Crippen molar-refractivity contribution in [2.24, 2.45) is 0 Å². The number of benzene rings is 3. The van der Waals surface area contributed by atoms with Crippen molar-refractivity contribution >= 4 is 50.7 Å². The van der Waals surface area contributed by atoms with Gasteiger partial charge in [0.05, 0.1) is 15.7 Å². The highest BCUT2D eigenvalue weighted by Gasteiger charge is 2.19. The molecule has 30 heavy (non-hydrogen) atoms. The summed E-state index contributed by atoms with van der Waals surface area (Å²) in [5, 5.41) is 7.74. The lowest BCUT2D eigenvalue weighted by molar-refractivity contribution is 0.101. The first-order valence-electron chi connectivity index (χ1n) is 8.66. The van der Waals surface area contributed by atoms with E-state index in [0.29, 0.717) is 27.2 Å². The summed E-state index contributed by atoms with van der Waals surface area (Å²) >= 11 is 15.3. The summed E-state index contributed by atoms with van der Waals surface area (Å²) in [4.78, 5) is 17.2. The van der Waals surface area contributed by atoms with Crippen LogP contribution < -0.4 is 5.32 Å². The Bertz CT molecular complexity index is 1160. The number of amides is 1. The number of nitrogens with zero attached hydrogens (tertiary/aromatic N) is 3. The zero-order valence-corrected chi connectivity index (χ0v) is 18.2. The number of rotatable bonds is 4. The minimum Gasteiger partial charge on any atom is -0.319 e. The van der Waals surface area contributed by atoms with E-state index in [1.54, 1.807) is 24.3 Å². The van der Waals surface area contributed by atoms with Gasteiger partial charge in [0, 0.05) is 15.7 Å². The number of nitrogens with one attached hydrogen (secondary N) is 1. The van der Waals surface area contributed by atoms with E-state index in [0.717, 1.165) is 10.0 Å². The van der Waals surface area contributed by atoms with E-state index in [4.69, 9.17) is 23.2 Å². The van der Waals surface area contributed by atoms with Crippen LogP contribution in [0.5, 0.6) is 0 Å². The molecule has 0 saturated carbocycles. The Kier molecular flexibility index (Phi) is 5.85. The topological polar surface area (TPSA) is 59.8 Å². The van der Waals surface area contributed by atoms with Crippen molar-refractivity contribution in [3.8, 4) is 17.1 Å². The Morgan fingerprint density at radius 3 is 2.33 bits per heavy atom. The molecule has 0 fully saturated rings. The van der Waals surface area contributed by atoms with Gasteiger partial charge in [0.15, 0.2) is 5.82 Å². The number of aromatic nitrogens is 3. The van der Waals surface area contributed by atoms with Crippen molar-refractivity contribution in [1.29, 1.82) is 0 Å². The van der Waals surface area contributed by atoms with Crippen LogP contribution in [0.3, 0.4) is 0 Å². The molecule has 0 aliphatic carbocycles. The fourth-order valence-electron chi connectivity index (χ4n) is 2.72. The molecule has 1 N–H and O–H groups in total. The van der Waals surface area contributed by atoms with Crippen LogP contribution in [0.1, 0.15) is 10.6 Å². The van der Waals surface area contributed by atoms with E-state index in [2.05, 4.69) is 31.3 Å². The summed E-state index contributed by atoms with van der Waals surface area (Å²) in [7, 11) is 0. The third kappa shape index (κ3) is 4.38. The van der Waals surface area contributed by atoms with Crippen molar-refractivity contribution < 1.29 is 9.18 Å². The van der Waals surface area contributed by atoms with Gasteiger partial charge >= 0.3 is 0 Å². The van der Waals surface area contributed by atoms with E-state index in [9.17, 15) is 9.18 Å². The molecule has 1 aromatic heterocycles. The second-order valence-electron chi connectivity index (χ2n) is 6.24. The summed E-state index contributed by atoms with van der Waals surface area (Å²) in [6, 6.07) is 17.9. The fraction of sp³-hybridized carbons (Fsp3) is 0. The number of halogens is 4. The van der Waals surface area contributed by atoms with Crippen LogP contribution in [0, 0.1) is 5.82 Å². The highest BCUT2D eigenvalue weighted by atomic mass is 79.9. The van der Waals surface area contributed by atoms with Gasteiger partial charge in [0.25, 0.3) is 5.91 Å². The van der Waals surface area contributed by atoms with Crippen LogP contribution in [-0.2, 0) is 0 Å². The molecule has 9 heteroatoms. The van der Waals surface area contributed by atoms with Crippen molar-refractivity contribution in [1.82, 2.24) is 14.8 Å². The van der Waals surface area contributed by atoms with Gasteiger partial charge in [-0.25, -0.2) is 14.1 Å². The first kappa shape index (κ1) is 20.5. The average molecular weight is 506 g/mol. The van der Waals surface area contributed by atoms with Crippen LogP contribution in [-0.4, -0.2) is 20.7 Å². The molecule has 3 aromatic carbocycles. The standard InChI is InChI=1S/C21H12BrCl2FN4O/c22-13-3-1-12(2-4-13)20-27-19(28-29(20)16-8-5-14(25)6-9-16)21(30)26-15-7-10-17(23)18(24)11-15/h1-11H,(H,26,30). The molecule has 0 spiro atoms. The molecule has 0 bridgehead atoms. The van der Waals surface area contributed by atoms with Crippen LogP contribution in [0.15, 0.2) is 71.2 Å². The molecule has 4 aromatic rings. The summed E-state index contributed by atoms with van der Waals surface area (Å²) in [6.45, 7) is 0. The van der Waals surface area contributed by atoms with Gasteiger partial charge in [0.2, 0.25) is 5.82 Å². The molecule has 0 radical (unpaired) electrons. The van der Waals surface area contributed by atoms with Crippen LogP contribution in [0.4, 0.5) is 10.1 Å². The predicted octanol–water partition coefficient (Wildman–Crippen LogP) is 6.40. The molecular formula is C21H12BrCl2FN4O. The summed E-state index contributed by atoms with van der Waals surface area (Å²) in [6.07, 6.45) is 0. The van der Waals surface area contributed by atoms with E-state index < -0.39 is 5.91 Å². The summed E-state index contributed by atoms with van der Waals surface area (Å²) < 4.78 is 15.8. The third-order valence-electron chi connectivity index (χ3n) is 4.16. The fourth-order valence-corrected chi connectivity index (χ4v) is 3.28. The maximum atomic E-state index is 13.4. The summed E-state index contributed by atoms with van der Waals surface area (Å²) in [5.74, 6) is -0.508. The third-order valence-corrected chi connectivity index (χ3v) is 5.43. The number of carbonyl (C=O) groups excluding carboxylic acids is 1. The van der Waals surface area contributed by atoms with E-state index >= 15 is 0 Å². The number of hydrogen-bond donors (Lipinski definition) is 1. The number of anilines is 1. The summed E-state index contributed by atoms with van der Waals surface area (Å²) in [5.41, 5.74) is 1.76. The van der Waals surface area contributed by atoms with Gasteiger partial charge in [-0.1, -0.05) is 51.3 Å². The Labute approximate surface area is 189 Å². The molecule has 150 valence electrons. The lowest BCUT2D eigenvalue weighted by Crippen LogP contribution is -2.14. The maximum absolute atomic E-state index is 13.4. The highest BCUT2D eigenvalue weighted by Crippen LogP contribution is 2.26. The van der Waals surface area contributed by atoms with Gasteiger partial charge in [-0.15, -0.1) is 5.10 Å². The normalized spacial score (nSPS) is 10.8. The monoisotopic (exact) mass is 504 g/mol. The molecule has 0 saturated heterocycles. The Hall–Kier alpha value is -2.74.